The molecule has 0 radical (unpaired) electrons. The molecule has 6 nitrogen and oxygen atoms in total. The van der Waals surface area contributed by atoms with Crippen molar-refractivity contribution in [1.29, 1.82) is 0 Å². The van der Waals surface area contributed by atoms with E-state index in [1.807, 2.05) is 27.7 Å². The van der Waals surface area contributed by atoms with Gasteiger partial charge in [0.1, 0.15) is 18.3 Å². The zero-order valence-electron chi connectivity index (χ0n) is 23.6. The van der Waals surface area contributed by atoms with Crippen molar-refractivity contribution in [3.05, 3.63) is 106 Å². The predicted molar refractivity (Wildman–Crippen MR) is 149 cm³/mol. The zero-order chi connectivity index (χ0) is 27.5. The van der Waals surface area contributed by atoms with Crippen molar-refractivity contribution < 1.29 is 28.4 Å². The second-order valence-corrected chi connectivity index (χ2v) is 11.3. The first-order valence-electron chi connectivity index (χ1n) is 13.7. The lowest BCUT2D eigenvalue weighted by Gasteiger charge is -2.20. The SMILES string of the molecule is Cc1ccc([C@H](COCc2ccc(C3COC(C)(C)O3)cc2)OCc2ccc(C3COC(C)(C)O3)cc2)cc1. The normalized spacial score (nSPS) is 22.7. The predicted octanol–water partition coefficient (Wildman–Crippen LogP) is 7.12. The summed E-state index contributed by atoms with van der Waals surface area (Å²) in [5, 5.41) is 0. The highest BCUT2D eigenvalue weighted by atomic mass is 16.7. The molecule has 2 aliphatic rings. The fraction of sp³-hybridized carbons (Fsp3) is 0.455. The topological polar surface area (TPSA) is 55.4 Å². The van der Waals surface area contributed by atoms with Crippen LogP contribution in [0.5, 0.6) is 0 Å². The van der Waals surface area contributed by atoms with Crippen LogP contribution in [0, 0.1) is 6.92 Å². The van der Waals surface area contributed by atoms with Crippen molar-refractivity contribution in [3.8, 4) is 0 Å². The van der Waals surface area contributed by atoms with Crippen molar-refractivity contribution in [1.82, 2.24) is 0 Å². The Labute approximate surface area is 232 Å². The van der Waals surface area contributed by atoms with Crippen LogP contribution in [0.2, 0.25) is 0 Å². The molecule has 2 unspecified atom stereocenters. The van der Waals surface area contributed by atoms with E-state index in [1.165, 1.54) is 5.56 Å². The van der Waals surface area contributed by atoms with Crippen LogP contribution in [0.3, 0.4) is 0 Å². The number of hydrogen-bond acceptors (Lipinski definition) is 6. The van der Waals surface area contributed by atoms with Crippen molar-refractivity contribution in [2.45, 2.75) is 77.7 Å². The average Bonchev–Trinajstić information content (AvgIpc) is 3.48. The van der Waals surface area contributed by atoms with E-state index in [4.69, 9.17) is 28.4 Å². The highest BCUT2D eigenvalue weighted by Crippen LogP contribution is 2.34. The van der Waals surface area contributed by atoms with Crippen LogP contribution in [-0.4, -0.2) is 31.4 Å². The van der Waals surface area contributed by atoms with E-state index in [1.54, 1.807) is 0 Å². The van der Waals surface area contributed by atoms with Crippen LogP contribution in [0.25, 0.3) is 0 Å². The smallest absolute Gasteiger partial charge is 0.163 e. The summed E-state index contributed by atoms with van der Waals surface area (Å²) in [5.74, 6) is -1.07. The average molecular weight is 533 g/mol. The van der Waals surface area contributed by atoms with Gasteiger partial charge in [-0.2, -0.15) is 0 Å². The molecule has 2 aliphatic heterocycles. The lowest BCUT2D eigenvalue weighted by atomic mass is 10.1. The lowest BCUT2D eigenvalue weighted by Crippen LogP contribution is -2.19. The van der Waals surface area contributed by atoms with Crippen LogP contribution < -0.4 is 0 Å². The molecular weight excluding hydrogens is 492 g/mol. The third-order valence-corrected chi connectivity index (χ3v) is 7.16. The van der Waals surface area contributed by atoms with Crippen LogP contribution in [0.4, 0.5) is 0 Å². The highest BCUT2D eigenvalue weighted by Gasteiger charge is 2.34. The monoisotopic (exact) mass is 532 g/mol. The molecule has 2 heterocycles. The molecule has 0 bridgehead atoms. The van der Waals surface area contributed by atoms with Gasteiger partial charge in [-0.15, -0.1) is 0 Å². The molecule has 0 spiro atoms. The Morgan fingerprint density at radius 3 is 1.64 bits per heavy atom. The second kappa shape index (κ2) is 11.9. The molecule has 5 rings (SSSR count). The van der Waals surface area contributed by atoms with Gasteiger partial charge < -0.3 is 28.4 Å². The van der Waals surface area contributed by atoms with Gasteiger partial charge in [0.25, 0.3) is 0 Å². The molecule has 3 aromatic carbocycles. The van der Waals surface area contributed by atoms with Crippen molar-refractivity contribution in [2.24, 2.45) is 0 Å². The Morgan fingerprint density at radius 2 is 1.18 bits per heavy atom. The van der Waals surface area contributed by atoms with Gasteiger partial charge >= 0.3 is 0 Å². The second-order valence-electron chi connectivity index (χ2n) is 11.3. The third kappa shape index (κ3) is 7.54. The van der Waals surface area contributed by atoms with Crippen LogP contribution >= 0.6 is 0 Å². The quantitative estimate of drug-likeness (QED) is 0.277. The summed E-state index contributed by atoms with van der Waals surface area (Å²) in [6.07, 6.45) is -0.249. The maximum absolute atomic E-state index is 6.39. The maximum Gasteiger partial charge on any atom is 0.163 e. The number of benzene rings is 3. The van der Waals surface area contributed by atoms with Crippen molar-refractivity contribution in [2.75, 3.05) is 19.8 Å². The summed E-state index contributed by atoms with van der Waals surface area (Å²) < 4.78 is 35.9. The Kier molecular flexibility index (Phi) is 8.52. The van der Waals surface area contributed by atoms with Crippen LogP contribution in [0.15, 0.2) is 72.8 Å². The van der Waals surface area contributed by atoms with Gasteiger partial charge in [-0.05, 0) is 62.4 Å². The van der Waals surface area contributed by atoms with E-state index in [-0.39, 0.29) is 18.3 Å². The number of rotatable bonds is 10. The van der Waals surface area contributed by atoms with Gasteiger partial charge in [0, 0.05) is 0 Å². The van der Waals surface area contributed by atoms with Crippen LogP contribution in [0.1, 0.15) is 79.4 Å². The van der Waals surface area contributed by atoms with Gasteiger partial charge in [-0.25, -0.2) is 0 Å². The summed E-state index contributed by atoms with van der Waals surface area (Å²) in [6, 6.07) is 25.2. The molecule has 39 heavy (non-hydrogen) atoms. The Morgan fingerprint density at radius 1 is 0.692 bits per heavy atom. The first kappa shape index (κ1) is 28.0. The molecule has 0 aliphatic carbocycles. The summed E-state index contributed by atoms with van der Waals surface area (Å²) >= 11 is 0. The molecule has 0 N–H and O–H groups in total. The summed E-state index contributed by atoms with van der Waals surface area (Å²) in [6.45, 7) is 12.5. The van der Waals surface area contributed by atoms with Crippen molar-refractivity contribution in [3.63, 3.8) is 0 Å². The minimum absolute atomic E-state index is 0.0331. The molecule has 3 aromatic rings. The van der Waals surface area contributed by atoms with Gasteiger partial charge in [0.2, 0.25) is 0 Å². The standard InChI is InChI=1S/C33H40O6/c1-23-6-12-26(13-7-23)29(35-19-25-10-16-28(17-11-25)31-22-37-33(4,5)39-31)20-34-18-24-8-14-27(15-9-24)30-21-36-32(2,3)38-30/h6-17,29-31H,18-22H2,1-5H3/t29-,30?,31?/m0/s1. The molecule has 2 fully saturated rings. The molecular formula is C33H40O6. The van der Waals surface area contributed by atoms with E-state index in [0.29, 0.717) is 33.0 Å². The molecule has 0 saturated carbocycles. The first-order chi connectivity index (χ1) is 18.7. The van der Waals surface area contributed by atoms with Gasteiger partial charge in [0.15, 0.2) is 11.6 Å². The molecule has 0 amide bonds. The largest absolute Gasteiger partial charge is 0.374 e. The van der Waals surface area contributed by atoms with Crippen molar-refractivity contribution >= 4 is 0 Å². The van der Waals surface area contributed by atoms with E-state index in [0.717, 1.165) is 27.8 Å². The number of hydrogen-bond donors (Lipinski definition) is 0. The van der Waals surface area contributed by atoms with E-state index in [9.17, 15) is 0 Å². The summed E-state index contributed by atoms with van der Waals surface area (Å²) in [7, 11) is 0. The zero-order valence-corrected chi connectivity index (χ0v) is 23.6. The number of ether oxygens (including phenoxy) is 6. The molecule has 6 heteroatoms. The minimum Gasteiger partial charge on any atom is -0.374 e. The molecule has 0 aromatic heterocycles. The summed E-state index contributed by atoms with van der Waals surface area (Å²) in [5.41, 5.74) is 6.77. The minimum atomic E-state index is -0.535. The van der Waals surface area contributed by atoms with Gasteiger partial charge in [0.05, 0.1) is 33.0 Å². The Hall–Kier alpha value is -2.58. The fourth-order valence-corrected chi connectivity index (χ4v) is 4.86. The highest BCUT2D eigenvalue weighted by molar-refractivity contribution is 5.27. The Balaban J connectivity index is 1.16. The molecule has 208 valence electrons. The summed E-state index contributed by atoms with van der Waals surface area (Å²) in [4.78, 5) is 0. The van der Waals surface area contributed by atoms with E-state index >= 15 is 0 Å². The number of aryl methyl sites for hydroxylation is 1. The van der Waals surface area contributed by atoms with Gasteiger partial charge in [-0.1, -0.05) is 78.4 Å². The van der Waals surface area contributed by atoms with Crippen LogP contribution in [-0.2, 0) is 41.6 Å². The van der Waals surface area contributed by atoms with E-state index < -0.39 is 11.6 Å². The lowest BCUT2D eigenvalue weighted by molar-refractivity contribution is -0.139. The maximum atomic E-state index is 6.39. The van der Waals surface area contributed by atoms with Gasteiger partial charge in [-0.3, -0.25) is 0 Å². The Bertz CT molecular complexity index is 1200. The third-order valence-electron chi connectivity index (χ3n) is 7.16. The first-order valence-corrected chi connectivity index (χ1v) is 13.7. The molecule has 3 atom stereocenters. The molecule has 2 saturated heterocycles. The fourth-order valence-electron chi connectivity index (χ4n) is 4.86. The van der Waals surface area contributed by atoms with E-state index in [2.05, 4.69) is 79.7 Å².